The number of rotatable bonds is 3. The number of nitrogens with two attached hydrogens (primary N) is 2. The second-order valence-corrected chi connectivity index (χ2v) is 4.23. The van der Waals surface area contributed by atoms with Gasteiger partial charge in [0.15, 0.2) is 6.29 Å². The summed E-state index contributed by atoms with van der Waals surface area (Å²) in [6.07, 6.45) is -1.59. The molecule has 5 N–H and O–H groups in total. The summed E-state index contributed by atoms with van der Waals surface area (Å²) in [6, 6.07) is 8.96. The Balaban J connectivity index is 1.93. The van der Waals surface area contributed by atoms with Gasteiger partial charge in [-0.05, 0) is 5.56 Å². The summed E-state index contributed by atoms with van der Waals surface area (Å²) in [6.45, 7) is 0.639. The molecule has 0 spiro atoms. The SMILES string of the molecule is N[C@H]1[C@H](N)COC(O)[C@@H]1OCc1ccccc1. The molecular formula is C12H18N2O3. The molecule has 1 fully saturated rings. The van der Waals surface area contributed by atoms with Gasteiger partial charge >= 0.3 is 0 Å². The lowest BCUT2D eigenvalue weighted by atomic mass is 10.0. The second kappa shape index (κ2) is 5.57. The average molecular weight is 238 g/mol. The fraction of sp³-hybridized carbons (Fsp3) is 0.500. The monoisotopic (exact) mass is 238 g/mol. The van der Waals surface area contributed by atoms with Crippen LogP contribution in [0.3, 0.4) is 0 Å². The molecule has 5 heteroatoms. The van der Waals surface area contributed by atoms with E-state index in [1.54, 1.807) is 0 Å². The van der Waals surface area contributed by atoms with Crippen molar-refractivity contribution < 1.29 is 14.6 Å². The summed E-state index contributed by atoms with van der Waals surface area (Å²) < 4.78 is 10.7. The topological polar surface area (TPSA) is 90.7 Å². The van der Waals surface area contributed by atoms with Gasteiger partial charge in [-0.2, -0.15) is 0 Å². The fourth-order valence-electron chi connectivity index (χ4n) is 1.81. The van der Waals surface area contributed by atoms with E-state index in [0.29, 0.717) is 6.61 Å². The lowest BCUT2D eigenvalue weighted by molar-refractivity contribution is -0.215. The van der Waals surface area contributed by atoms with Crippen LogP contribution in [0.25, 0.3) is 0 Å². The first-order valence-corrected chi connectivity index (χ1v) is 5.65. The third-order valence-electron chi connectivity index (χ3n) is 2.90. The first-order chi connectivity index (χ1) is 8.18. The van der Waals surface area contributed by atoms with Gasteiger partial charge in [-0.15, -0.1) is 0 Å². The van der Waals surface area contributed by atoms with E-state index >= 15 is 0 Å². The number of aliphatic hydroxyl groups is 1. The minimum Gasteiger partial charge on any atom is -0.367 e. The molecule has 0 saturated carbocycles. The molecule has 1 unspecified atom stereocenters. The molecule has 4 atom stereocenters. The molecule has 0 aliphatic carbocycles. The highest BCUT2D eigenvalue weighted by atomic mass is 16.6. The van der Waals surface area contributed by atoms with E-state index in [0.717, 1.165) is 5.56 Å². The maximum Gasteiger partial charge on any atom is 0.182 e. The van der Waals surface area contributed by atoms with Crippen LogP contribution < -0.4 is 11.5 Å². The van der Waals surface area contributed by atoms with Crippen LogP contribution in [0, 0.1) is 0 Å². The van der Waals surface area contributed by atoms with Crippen LogP contribution in [-0.2, 0) is 16.1 Å². The van der Waals surface area contributed by atoms with Crippen molar-refractivity contribution in [1.29, 1.82) is 0 Å². The summed E-state index contributed by atoms with van der Waals surface area (Å²) in [5, 5.41) is 9.65. The Morgan fingerprint density at radius 1 is 1.29 bits per heavy atom. The number of ether oxygens (including phenoxy) is 2. The Morgan fingerprint density at radius 2 is 2.00 bits per heavy atom. The van der Waals surface area contributed by atoms with Gasteiger partial charge in [-0.3, -0.25) is 0 Å². The number of aliphatic hydroxyl groups excluding tert-OH is 1. The van der Waals surface area contributed by atoms with Crippen molar-refractivity contribution in [3.63, 3.8) is 0 Å². The fourth-order valence-corrected chi connectivity index (χ4v) is 1.81. The molecule has 17 heavy (non-hydrogen) atoms. The van der Waals surface area contributed by atoms with Gasteiger partial charge in [0, 0.05) is 6.04 Å². The molecule has 1 aromatic carbocycles. The molecule has 0 amide bonds. The highest BCUT2D eigenvalue weighted by Crippen LogP contribution is 2.16. The molecule has 1 saturated heterocycles. The highest BCUT2D eigenvalue weighted by molar-refractivity contribution is 5.13. The van der Waals surface area contributed by atoms with Gasteiger partial charge in [-0.1, -0.05) is 30.3 Å². The van der Waals surface area contributed by atoms with Crippen LogP contribution in [0.15, 0.2) is 30.3 Å². The van der Waals surface area contributed by atoms with Crippen molar-refractivity contribution in [2.45, 2.75) is 31.1 Å². The lowest BCUT2D eigenvalue weighted by Gasteiger charge is -2.36. The van der Waals surface area contributed by atoms with Crippen molar-refractivity contribution in [1.82, 2.24) is 0 Å². The van der Waals surface area contributed by atoms with E-state index in [1.165, 1.54) is 0 Å². The predicted octanol–water partition coefficient (Wildman–Crippen LogP) is -0.425. The molecule has 0 aromatic heterocycles. The predicted molar refractivity (Wildman–Crippen MR) is 62.9 cm³/mol. The minimum atomic E-state index is -1.01. The molecular weight excluding hydrogens is 220 g/mol. The zero-order chi connectivity index (χ0) is 12.3. The maximum atomic E-state index is 9.65. The summed E-state index contributed by atoms with van der Waals surface area (Å²) >= 11 is 0. The van der Waals surface area contributed by atoms with Gasteiger partial charge in [-0.25, -0.2) is 0 Å². The Bertz CT molecular complexity index is 347. The zero-order valence-corrected chi connectivity index (χ0v) is 9.53. The first-order valence-electron chi connectivity index (χ1n) is 5.65. The summed E-state index contributed by atoms with van der Waals surface area (Å²) in [4.78, 5) is 0. The normalized spacial score (nSPS) is 33.6. The van der Waals surface area contributed by atoms with Crippen LogP contribution in [0.1, 0.15) is 5.56 Å². The Hall–Kier alpha value is -0.980. The van der Waals surface area contributed by atoms with Crippen molar-refractivity contribution in [3.8, 4) is 0 Å². The maximum absolute atomic E-state index is 9.65. The molecule has 94 valence electrons. The zero-order valence-electron chi connectivity index (χ0n) is 9.53. The summed E-state index contributed by atoms with van der Waals surface area (Å²) in [7, 11) is 0. The minimum absolute atomic E-state index is 0.257. The standard InChI is InChI=1S/C12H18N2O3/c13-9-7-17-12(15)11(10(9)14)16-6-8-4-2-1-3-5-8/h1-5,9-12,15H,6-7,13-14H2/t9-,10+,11-,12?/m1/s1. The highest BCUT2D eigenvalue weighted by Gasteiger charge is 2.36. The van der Waals surface area contributed by atoms with Crippen LogP contribution in [0.4, 0.5) is 0 Å². The van der Waals surface area contributed by atoms with E-state index in [4.69, 9.17) is 20.9 Å². The molecule has 1 aromatic rings. The van der Waals surface area contributed by atoms with E-state index in [2.05, 4.69) is 0 Å². The lowest BCUT2D eigenvalue weighted by Crippen LogP contribution is -2.61. The molecule has 1 aliphatic heterocycles. The number of hydrogen-bond donors (Lipinski definition) is 3. The Morgan fingerprint density at radius 3 is 2.71 bits per heavy atom. The molecule has 1 aliphatic rings. The van der Waals surface area contributed by atoms with Crippen LogP contribution in [0.5, 0.6) is 0 Å². The molecule has 2 rings (SSSR count). The van der Waals surface area contributed by atoms with E-state index in [9.17, 15) is 5.11 Å². The first kappa shape index (κ1) is 12.5. The van der Waals surface area contributed by atoms with Gasteiger partial charge in [0.25, 0.3) is 0 Å². The van der Waals surface area contributed by atoms with Crippen molar-refractivity contribution >= 4 is 0 Å². The molecule has 5 nitrogen and oxygen atoms in total. The largest absolute Gasteiger partial charge is 0.367 e. The third kappa shape index (κ3) is 3.02. The Labute approximate surface area is 100 Å². The third-order valence-corrected chi connectivity index (χ3v) is 2.90. The van der Waals surface area contributed by atoms with Gasteiger partial charge in [0.05, 0.1) is 19.3 Å². The van der Waals surface area contributed by atoms with Crippen LogP contribution >= 0.6 is 0 Å². The second-order valence-electron chi connectivity index (χ2n) is 4.23. The average Bonchev–Trinajstić information content (AvgIpc) is 2.35. The number of hydrogen-bond acceptors (Lipinski definition) is 5. The van der Waals surface area contributed by atoms with Crippen LogP contribution in [0.2, 0.25) is 0 Å². The van der Waals surface area contributed by atoms with E-state index in [-0.39, 0.29) is 12.6 Å². The van der Waals surface area contributed by atoms with Gasteiger partial charge < -0.3 is 26.0 Å². The summed E-state index contributed by atoms with van der Waals surface area (Å²) in [5.74, 6) is 0. The molecule has 0 bridgehead atoms. The quantitative estimate of drug-likeness (QED) is 0.665. The van der Waals surface area contributed by atoms with Gasteiger partial charge in [0.1, 0.15) is 6.10 Å². The van der Waals surface area contributed by atoms with Crippen molar-refractivity contribution in [2.75, 3.05) is 6.61 Å². The van der Waals surface area contributed by atoms with Gasteiger partial charge in [0.2, 0.25) is 0 Å². The van der Waals surface area contributed by atoms with Crippen molar-refractivity contribution in [2.24, 2.45) is 11.5 Å². The number of benzene rings is 1. The van der Waals surface area contributed by atoms with Crippen LogP contribution in [-0.4, -0.2) is 36.2 Å². The summed E-state index contributed by atoms with van der Waals surface area (Å²) in [5.41, 5.74) is 12.7. The smallest absolute Gasteiger partial charge is 0.182 e. The van der Waals surface area contributed by atoms with E-state index < -0.39 is 18.4 Å². The molecule has 1 heterocycles. The van der Waals surface area contributed by atoms with E-state index in [1.807, 2.05) is 30.3 Å². The molecule has 0 radical (unpaired) electrons. The van der Waals surface area contributed by atoms with Crippen molar-refractivity contribution in [3.05, 3.63) is 35.9 Å². The Kier molecular flexibility index (Phi) is 4.09.